The Morgan fingerprint density at radius 2 is 2.14 bits per heavy atom. The van der Waals surface area contributed by atoms with Crippen molar-refractivity contribution in [1.29, 1.82) is 0 Å². The minimum atomic E-state index is -0.583. The molecule has 0 unspecified atom stereocenters. The molecule has 0 fully saturated rings. The van der Waals surface area contributed by atoms with Gasteiger partial charge in [-0.3, -0.25) is 5.43 Å². The third-order valence-electron chi connectivity index (χ3n) is 3.66. The van der Waals surface area contributed by atoms with Crippen molar-refractivity contribution >= 4 is 23.6 Å². The number of halogens is 2. The van der Waals surface area contributed by atoms with Crippen molar-refractivity contribution in [3.63, 3.8) is 0 Å². The zero-order valence-corrected chi connectivity index (χ0v) is 16.1. The Kier molecular flexibility index (Phi) is 6.75. The number of hydrogen-bond acceptors (Lipinski definition) is 7. The Morgan fingerprint density at radius 3 is 2.90 bits per heavy atom. The Morgan fingerprint density at radius 1 is 1.28 bits per heavy atom. The van der Waals surface area contributed by atoms with Crippen LogP contribution < -0.4 is 20.6 Å². The van der Waals surface area contributed by atoms with Gasteiger partial charge >= 0.3 is 5.69 Å². The molecule has 3 rings (SSSR count). The van der Waals surface area contributed by atoms with Gasteiger partial charge in [-0.2, -0.15) is 15.2 Å². The van der Waals surface area contributed by atoms with Gasteiger partial charge in [-0.25, -0.2) is 14.3 Å². The molecule has 150 valence electrons. The smallest absolute Gasteiger partial charge is 0.363 e. The summed E-state index contributed by atoms with van der Waals surface area (Å²) in [5, 5.41) is 10.1. The molecular weight excluding hydrogens is 401 g/mol. The lowest BCUT2D eigenvalue weighted by molar-refractivity contribution is 0.266. The maximum Gasteiger partial charge on any atom is 0.363 e. The summed E-state index contributed by atoms with van der Waals surface area (Å²) in [6.07, 6.45) is 2.85. The molecule has 0 radical (unpaired) electrons. The lowest BCUT2D eigenvalue weighted by atomic mass is 10.2. The highest BCUT2D eigenvalue weighted by Crippen LogP contribution is 2.30. The minimum absolute atomic E-state index is 0.0399. The summed E-state index contributed by atoms with van der Waals surface area (Å²) < 4.78 is 25.2. The molecule has 10 heteroatoms. The van der Waals surface area contributed by atoms with Crippen molar-refractivity contribution in [3.8, 4) is 11.5 Å². The van der Waals surface area contributed by atoms with E-state index in [0.29, 0.717) is 28.7 Å². The van der Waals surface area contributed by atoms with E-state index in [1.807, 2.05) is 6.92 Å². The number of H-pyrrole nitrogens is 1. The van der Waals surface area contributed by atoms with E-state index in [1.54, 1.807) is 24.3 Å². The summed E-state index contributed by atoms with van der Waals surface area (Å²) in [4.78, 5) is 14.7. The van der Waals surface area contributed by atoms with Crippen LogP contribution in [0.3, 0.4) is 0 Å². The van der Waals surface area contributed by atoms with Crippen LogP contribution in [0.4, 0.5) is 10.2 Å². The van der Waals surface area contributed by atoms with Crippen LogP contribution in [0.1, 0.15) is 18.1 Å². The number of rotatable bonds is 8. The summed E-state index contributed by atoms with van der Waals surface area (Å²) in [6.45, 7) is 2.21. The van der Waals surface area contributed by atoms with Crippen LogP contribution >= 0.6 is 11.6 Å². The first kappa shape index (κ1) is 20.3. The van der Waals surface area contributed by atoms with Gasteiger partial charge in [0.25, 0.3) is 0 Å². The molecule has 0 aliphatic rings. The van der Waals surface area contributed by atoms with Gasteiger partial charge < -0.3 is 9.47 Å². The van der Waals surface area contributed by atoms with Crippen LogP contribution in [0.2, 0.25) is 5.02 Å². The zero-order valence-electron chi connectivity index (χ0n) is 15.4. The molecule has 0 saturated heterocycles. The highest BCUT2D eigenvalue weighted by molar-refractivity contribution is 6.31. The monoisotopic (exact) mass is 417 g/mol. The van der Waals surface area contributed by atoms with E-state index >= 15 is 0 Å². The van der Waals surface area contributed by atoms with Crippen LogP contribution in [0, 0.1) is 5.82 Å². The molecule has 0 aliphatic carbocycles. The van der Waals surface area contributed by atoms with E-state index in [9.17, 15) is 9.18 Å². The molecule has 29 heavy (non-hydrogen) atoms. The van der Waals surface area contributed by atoms with Gasteiger partial charge in [0, 0.05) is 5.56 Å². The molecule has 0 amide bonds. The second kappa shape index (κ2) is 9.65. The van der Waals surface area contributed by atoms with Gasteiger partial charge in [0.2, 0.25) is 0 Å². The van der Waals surface area contributed by atoms with Crippen LogP contribution in [0.25, 0.3) is 0 Å². The minimum Gasteiger partial charge on any atom is -0.490 e. The Labute approximate surface area is 170 Å². The molecule has 2 aromatic carbocycles. The quantitative estimate of drug-likeness (QED) is 0.430. The predicted octanol–water partition coefficient (Wildman–Crippen LogP) is 3.38. The van der Waals surface area contributed by atoms with E-state index in [2.05, 4.69) is 25.7 Å². The lowest BCUT2D eigenvalue weighted by Crippen LogP contribution is -2.13. The molecule has 2 N–H and O–H groups in total. The number of nitrogens with zero attached hydrogens (tertiary/aromatic N) is 3. The molecule has 1 heterocycles. The summed E-state index contributed by atoms with van der Waals surface area (Å²) in [6, 6.07) is 9.61. The van der Waals surface area contributed by atoms with Crippen LogP contribution in [0.5, 0.6) is 11.5 Å². The van der Waals surface area contributed by atoms with E-state index in [0.717, 1.165) is 0 Å². The molecule has 0 saturated carbocycles. The van der Waals surface area contributed by atoms with Crippen molar-refractivity contribution in [2.24, 2.45) is 5.10 Å². The first-order chi connectivity index (χ1) is 14.1. The predicted molar refractivity (Wildman–Crippen MR) is 107 cm³/mol. The molecular formula is C19H17ClFN5O3. The number of anilines is 1. The van der Waals surface area contributed by atoms with Gasteiger partial charge in [-0.15, -0.1) is 0 Å². The lowest BCUT2D eigenvalue weighted by Gasteiger charge is -2.13. The van der Waals surface area contributed by atoms with Gasteiger partial charge in [0.1, 0.15) is 12.4 Å². The maximum atomic E-state index is 13.9. The molecule has 0 atom stereocenters. The molecule has 0 spiro atoms. The summed E-state index contributed by atoms with van der Waals surface area (Å²) in [5.74, 6) is 0.682. The Bertz CT molecular complexity index is 1050. The van der Waals surface area contributed by atoms with Crippen molar-refractivity contribution in [2.75, 3.05) is 12.0 Å². The van der Waals surface area contributed by atoms with Crippen molar-refractivity contribution in [2.45, 2.75) is 13.5 Å². The second-order valence-corrected chi connectivity index (χ2v) is 6.08. The van der Waals surface area contributed by atoms with Crippen molar-refractivity contribution in [3.05, 3.63) is 75.0 Å². The zero-order chi connectivity index (χ0) is 20.6. The number of aromatic nitrogens is 3. The third-order valence-corrected chi connectivity index (χ3v) is 4.02. The van der Waals surface area contributed by atoms with E-state index in [4.69, 9.17) is 21.1 Å². The van der Waals surface area contributed by atoms with Crippen molar-refractivity contribution < 1.29 is 13.9 Å². The fourth-order valence-electron chi connectivity index (χ4n) is 2.35. The van der Waals surface area contributed by atoms with Crippen LogP contribution in [-0.2, 0) is 6.61 Å². The van der Waals surface area contributed by atoms with Gasteiger partial charge in [-0.1, -0.05) is 17.7 Å². The number of nitrogens with one attached hydrogen (secondary N) is 2. The molecule has 8 nitrogen and oxygen atoms in total. The fourth-order valence-corrected chi connectivity index (χ4v) is 2.57. The van der Waals surface area contributed by atoms with Crippen molar-refractivity contribution in [1.82, 2.24) is 15.2 Å². The second-order valence-electron chi connectivity index (χ2n) is 5.67. The van der Waals surface area contributed by atoms with Crippen LogP contribution in [0.15, 0.2) is 52.5 Å². The number of benzene rings is 2. The van der Waals surface area contributed by atoms with Gasteiger partial charge in [-0.05, 0) is 42.8 Å². The summed E-state index contributed by atoms with van der Waals surface area (Å²) >= 11 is 6.03. The Hall–Kier alpha value is -3.46. The van der Waals surface area contributed by atoms with E-state index < -0.39 is 11.5 Å². The molecule has 3 aromatic rings. The first-order valence-electron chi connectivity index (χ1n) is 8.60. The largest absolute Gasteiger partial charge is 0.490 e. The molecule has 0 bridgehead atoms. The highest BCUT2D eigenvalue weighted by Gasteiger charge is 2.11. The highest BCUT2D eigenvalue weighted by atomic mass is 35.5. The summed E-state index contributed by atoms with van der Waals surface area (Å²) in [7, 11) is 0. The average Bonchev–Trinajstić information content (AvgIpc) is 2.69. The fraction of sp³-hybridized carbons (Fsp3) is 0.158. The standard InChI is InChI=1S/C19H17ClFN5O3/c1-2-28-17-8-12(9-22-25-18-10-23-26-19(27)24-18)6-7-16(17)29-11-13-14(20)4-3-5-15(13)21/h3-10H,2,11H2,1H3,(H2,24,25,26,27)/b22-9+. The van der Waals surface area contributed by atoms with Crippen LogP contribution in [-0.4, -0.2) is 28.0 Å². The first-order valence-corrected chi connectivity index (χ1v) is 8.98. The number of aromatic amines is 1. The maximum absolute atomic E-state index is 13.9. The number of hydrogen-bond donors (Lipinski definition) is 2. The third kappa shape index (κ3) is 5.52. The van der Waals surface area contributed by atoms with Gasteiger partial charge in [0.15, 0.2) is 17.3 Å². The summed E-state index contributed by atoms with van der Waals surface area (Å²) in [5.41, 5.74) is 3.00. The number of hydrazone groups is 1. The molecule has 0 aliphatic heterocycles. The van der Waals surface area contributed by atoms with E-state index in [-0.39, 0.29) is 18.0 Å². The number of ether oxygens (including phenoxy) is 2. The normalized spacial score (nSPS) is 10.9. The SMILES string of the molecule is CCOc1cc(/C=N/Nc2cn[nH]c(=O)n2)ccc1OCc1c(F)cccc1Cl. The Balaban J connectivity index is 1.72. The van der Waals surface area contributed by atoms with Gasteiger partial charge in [0.05, 0.1) is 24.0 Å². The van der Waals surface area contributed by atoms with E-state index in [1.165, 1.54) is 24.5 Å². The average molecular weight is 418 g/mol. The molecule has 1 aromatic heterocycles. The topological polar surface area (TPSA) is 101 Å².